The number of esters is 1. The molecule has 1 aromatic carbocycles. The Kier molecular flexibility index (Phi) is 4.24. The number of benzene rings is 1. The first-order valence-electron chi connectivity index (χ1n) is 9.30. The van der Waals surface area contributed by atoms with Crippen LogP contribution in [0.15, 0.2) is 24.4 Å². The normalized spacial score (nSPS) is 15.9. The Balaban J connectivity index is 1.81. The van der Waals surface area contributed by atoms with Crippen LogP contribution in [-0.2, 0) is 18.3 Å². The van der Waals surface area contributed by atoms with Gasteiger partial charge in [-0.1, -0.05) is 19.3 Å². The zero-order valence-corrected chi connectivity index (χ0v) is 15.0. The van der Waals surface area contributed by atoms with Gasteiger partial charge in [-0.2, -0.15) is 5.10 Å². The Bertz CT molecular complexity index is 916. The first kappa shape index (κ1) is 16.2. The van der Waals surface area contributed by atoms with Crippen molar-refractivity contribution in [3.8, 4) is 0 Å². The molecule has 1 aliphatic carbocycles. The van der Waals surface area contributed by atoms with Crippen LogP contribution in [0.3, 0.4) is 0 Å². The van der Waals surface area contributed by atoms with Gasteiger partial charge in [0.05, 0.1) is 17.7 Å². The minimum Gasteiger partial charge on any atom is -0.462 e. The van der Waals surface area contributed by atoms with Crippen LogP contribution in [0.25, 0.3) is 21.9 Å². The van der Waals surface area contributed by atoms with Crippen molar-refractivity contribution in [1.29, 1.82) is 0 Å². The van der Waals surface area contributed by atoms with Gasteiger partial charge < -0.3 is 9.30 Å². The van der Waals surface area contributed by atoms with E-state index in [0.29, 0.717) is 12.2 Å². The third kappa shape index (κ3) is 2.92. The molecule has 2 heterocycles. The van der Waals surface area contributed by atoms with Gasteiger partial charge in [-0.05, 0) is 43.9 Å². The first-order valence-corrected chi connectivity index (χ1v) is 9.30. The molecule has 1 fully saturated rings. The van der Waals surface area contributed by atoms with Crippen molar-refractivity contribution in [3.63, 3.8) is 0 Å². The fourth-order valence-corrected chi connectivity index (χ4v) is 4.12. The van der Waals surface area contributed by atoms with E-state index in [4.69, 9.17) is 9.84 Å². The van der Waals surface area contributed by atoms with Gasteiger partial charge >= 0.3 is 5.97 Å². The Morgan fingerprint density at radius 2 is 2.04 bits per heavy atom. The average molecular weight is 339 g/mol. The van der Waals surface area contributed by atoms with Gasteiger partial charge in [-0.25, -0.2) is 4.79 Å². The Morgan fingerprint density at radius 1 is 1.24 bits per heavy atom. The van der Waals surface area contributed by atoms with Crippen LogP contribution in [0.2, 0.25) is 0 Å². The number of hydrogen-bond donors (Lipinski definition) is 0. The molecule has 0 amide bonds. The number of aromatic nitrogens is 3. The predicted molar refractivity (Wildman–Crippen MR) is 98.7 cm³/mol. The summed E-state index contributed by atoms with van der Waals surface area (Å²) in [6.45, 7) is 3.23. The Labute approximate surface area is 147 Å². The predicted octanol–water partition coefficient (Wildman–Crippen LogP) is 4.29. The molecule has 1 saturated carbocycles. The van der Waals surface area contributed by atoms with E-state index >= 15 is 0 Å². The van der Waals surface area contributed by atoms with Crippen LogP contribution in [0, 0.1) is 5.92 Å². The summed E-state index contributed by atoms with van der Waals surface area (Å²) < 4.78 is 9.36. The summed E-state index contributed by atoms with van der Waals surface area (Å²) in [5.41, 5.74) is 2.79. The molecule has 4 rings (SSSR count). The zero-order chi connectivity index (χ0) is 17.4. The van der Waals surface area contributed by atoms with Gasteiger partial charge in [0.15, 0.2) is 5.65 Å². The van der Waals surface area contributed by atoms with Crippen LogP contribution in [-0.4, -0.2) is 26.9 Å². The summed E-state index contributed by atoms with van der Waals surface area (Å²) in [6, 6.07) is 5.87. The van der Waals surface area contributed by atoms with Gasteiger partial charge in [-0.15, -0.1) is 0 Å². The van der Waals surface area contributed by atoms with Crippen LogP contribution in [0.4, 0.5) is 0 Å². The van der Waals surface area contributed by atoms with Gasteiger partial charge in [0, 0.05) is 30.6 Å². The van der Waals surface area contributed by atoms with Crippen LogP contribution in [0.5, 0.6) is 0 Å². The third-order valence-corrected chi connectivity index (χ3v) is 5.32. The highest BCUT2D eigenvalue weighted by molar-refractivity contribution is 6.09. The molecule has 0 spiro atoms. The maximum atomic E-state index is 12.1. The van der Waals surface area contributed by atoms with E-state index in [1.165, 1.54) is 32.1 Å². The molecule has 0 bridgehead atoms. The van der Waals surface area contributed by atoms with Gasteiger partial charge in [0.1, 0.15) is 0 Å². The summed E-state index contributed by atoms with van der Waals surface area (Å²) in [4.78, 5) is 12.1. The van der Waals surface area contributed by atoms with Crippen molar-refractivity contribution < 1.29 is 9.53 Å². The number of hydrogen-bond acceptors (Lipinski definition) is 3. The monoisotopic (exact) mass is 339 g/mol. The van der Waals surface area contributed by atoms with Crippen LogP contribution < -0.4 is 0 Å². The number of carbonyl (C=O) groups is 1. The van der Waals surface area contributed by atoms with Crippen molar-refractivity contribution in [3.05, 3.63) is 30.0 Å². The fraction of sp³-hybridized carbons (Fsp3) is 0.500. The lowest BCUT2D eigenvalue weighted by molar-refractivity contribution is 0.0526. The topological polar surface area (TPSA) is 49.1 Å². The van der Waals surface area contributed by atoms with E-state index in [0.717, 1.165) is 34.4 Å². The van der Waals surface area contributed by atoms with Gasteiger partial charge in [-0.3, -0.25) is 4.68 Å². The lowest BCUT2D eigenvalue weighted by atomic mass is 9.89. The standard InChI is InChI=1S/C20H25N3O2/c1-3-25-20(24)15-9-10-18-16(11-15)17-13-22(2)21-19(17)23(18)12-14-7-5-4-6-8-14/h9-11,13-14H,3-8,12H2,1-2H3. The second kappa shape index (κ2) is 6.54. The second-order valence-corrected chi connectivity index (χ2v) is 7.11. The highest BCUT2D eigenvalue weighted by Crippen LogP contribution is 2.32. The molecule has 25 heavy (non-hydrogen) atoms. The number of fused-ring (bicyclic) bond motifs is 3. The zero-order valence-electron chi connectivity index (χ0n) is 15.0. The number of nitrogens with zero attached hydrogens (tertiary/aromatic N) is 3. The molecule has 0 aliphatic heterocycles. The van der Waals surface area contributed by atoms with Crippen LogP contribution >= 0.6 is 0 Å². The number of ether oxygens (including phenoxy) is 1. The fourth-order valence-electron chi connectivity index (χ4n) is 4.12. The van der Waals surface area contributed by atoms with E-state index in [-0.39, 0.29) is 5.97 Å². The number of aryl methyl sites for hydroxylation is 1. The van der Waals surface area contributed by atoms with Crippen LogP contribution in [0.1, 0.15) is 49.4 Å². The molecule has 5 nitrogen and oxygen atoms in total. The molecule has 3 aromatic rings. The summed E-state index contributed by atoms with van der Waals surface area (Å²) in [5.74, 6) is 0.459. The summed E-state index contributed by atoms with van der Waals surface area (Å²) >= 11 is 0. The van der Waals surface area contributed by atoms with E-state index in [1.54, 1.807) is 0 Å². The molecular formula is C20H25N3O2. The maximum Gasteiger partial charge on any atom is 0.338 e. The largest absolute Gasteiger partial charge is 0.462 e. The molecule has 132 valence electrons. The molecular weight excluding hydrogens is 314 g/mol. The van der Waals surface area contributed by atoms with Crippen molar-refractivity contribution in [2.24, 2.45) is 13.0 Å². The van der Waals surface area contributed by atoms with Gasteiger partial charge in [0.2, 0.25) is 0 Å². The summed E-state index contributed by atoms with van der Waals surface area (Å²) in [5, 5.41) is 6.89. The Morgan fingerprint density at radius 3 is 2.80 bits per heavy atom. The smallest absolute Gasteiger partial charge is 0.338 e. The molecule has 0 saturated heterocycles. The molecule has 2 aromatic heterocycles. The quantitative estimate of drug-likeness (QED) is 0.666. The summed E-state index contributed by atoms with van der Waals surface area (Å²) in [6.07, 6.45) is 8.68. The van der Waals surface area contributed by atoms with E-state index in [9.17, 15) is 4.79 Å². The maximum absolute atomic E-state index is 12.1. The molecule has 1 aliphatic rings. The third-order valence-electron chi connectivity index (χ3n) is 5.32. The minimum absolute atomic E-state index is 0.263. The van der Waals surface area contributed by atoms with Crippen molar-refractivity contribution in [2.45, 2.75) is 45.6 Å². The number of carbonyl (C=O) groups excluding carboxylic acids is 1. The van der Waals surface area contributed by atoms with E-state index in [2.05, 4.69) is 4.57 Å². The summed E-state index contributed by atoms with van der Waals surface area (Å²) in [7, 11) is 1.95. The molecule has 0 radical (unpaired) electrons. The lowest BCUT2D eigenvalue weighted by Crippen LogP contribution is -2.14. The Hall–Kier alpha value is -2.30. The van der Waals surface area contributed by atoms with Gasteiger partial charge in [0.25, 0.3) is 0 Å². The number of rotatable bonds is 4. The highest BCUT2D eigenvalue weighted by atomic mass is 16.5. The molecule has 0 atom stereocenters. The molecule has 0 unspecified atom stereocenters. The van der Waals surface area contributed by atoms with Crippen molar-refractivity contribution in [1.82, 2.24) is 14.3 Å². The lowest BCUT2D eigenvalue weighted by Gasteiger charge is -2.22. The molecule has 5 heteroatoms. The van der Waals surface area contributed by atoms with Crippen molar-refractivity contribution in [2.75, 3.05) is 6.61 Å². The highest BCUT2D eigenvalue weighted by Gasteiger charge is 2.20. The van der Waals surface area contributed by atoms with E-state index in [1.807, 2.05) is 43.0 Å². The average Bonchev–Trinajstić information content (AvgIpc) is 3.13. The second-order valence-electron chi connectivity index (χ2n) is 7.11. The SMILES string of the molecule is CCOC(=O)c1ccc2c(c1)c1cn(C)nc1n2CC1CCCCC1. The molecule has 0 N–H and O–H groups in total. The van der Waals surface area contributed by atoms with E-state index < -0.39 is 0 Å². The minimum atomic E-state index is -0.263. The van der Waals surface area contributed by atoms with Crippen molar-refractivity contribution >= 4 is 27.9 Å². The first-order chi connectivity index (χ1) is 12.2.